The van der Waals surface area contributed by atoms with Crippen molar-refractivity contribution in [2.24, 2.45) is 0 Å². The standard InChI is InChI=1S/C22H21N3O2S/c1-14-17(15(2)24-22(27)18(14)13-23)10-11-20(26)25-21(19-9-6-12-28-19)16-7-4-3-5-8-16/h3-9,12,21H,10-11H2,1-2H3,(H,24,27)(H,25,26). The summed E-state index contributed by atoms with van der Waals surface area (Å²) in [5.74, 6) is -0.0780. The molecule has 142 valence electrons. The average molecular weight is 391 g/mol. The second kappa shape index (κ2) is 8.68. The highest BCUT2D eigenvalue weighted by atomic mass is 32.1. The molecule has 0 fully saturated rings. The number of hydrogen-bond acceptors (Lipinski definition) is 4. The lowest BCUT2D eigenvalue weighted by atomic mass is 9.98. The molecule has 3 rings (SSSR count). The molecule has 1 atom stereocenters. The maximum absolute atomic E-state index is 12.7. The lowest BCUT2D eigenvalue weighted by molar-refractivity contribution is -0.121. The summed E-state index contributed by atoms with van der Waals surface area (Å²) in [6.07, 6.45) is 0.730. The van der Waals surface area contributed by atoms with E-state index in [4.69, 9.17) is 0 Å². The molecule has 0 spiro atoms. The van der Waals surface area contributed by atoms with Gasteiger partial charge in [0.25, 0.3) is 5.56 Å². The summed E-state index contributed by atoms with van der Waals surface area (Å²) in [6, 6.07) is 15.6. The zero-order chi connectivity index (χ0) is 20.1. The van der Waals surface area contributed by atoms with Gasteiger partial charge in [-0.05, 0) is 48.4 Å². The Bertz CT molecular complexity index is 1060. The summed E-state index contributed by atoms with van der Waals surface area (Å²) in [6.45, 7) is 3.55. The first-order valence-corrected chi connectivity index (χ1v) is 9.89. The molecule has 1 unspecified atom stereocenters. The van der Waals surface area contributed by atoms with Crippen molar-refractivity contribution >= 4 is 17.2 Å². The minimum absolute atomic E-state index is 0.0780. The Balaban J connectivity index is 1.77. The maximum Gasteiger partial charge on any atom is 0.266 e. The number of carbonyl (C=O) groups excluding carboxylic acids is 1. The predicted molar refractivity (Wildman–Crippen MR) is 110 cm³/mol. The molecule has 2 N–H and O–H groups in total. The number of amides is 1. The van der Waals surface area contributed by atoms with E-state index >= 15 is 0 Å². The van der Waals surface area contributed by atoms with Crippen LogP contribution in [0.1, 0.15) is 45.3 Å². The lowest BCUT2D eigenvalue weighted by Gasteiger charge is -2.18. The van der Waals surface area contributed by atoms with Crippen LogP contribution in [0.4, 0.5) is 0 Å². The number of carbonyl (C=O) groups is 1. The third-order valence-corrected chi connectivity index (χ3v) is 5.73. The van der Waals surface area contributed by atoms with Crippen molar-refractivity contribution in [3.63, 3.8) is 0 Å². The summed E-state index contributed by atoms with van der Waals surface area (Å²) >= 11 is 1.60. The molecule has 0 aliphatic heterocycles. The molecule has 0 aliphatic rings. The number of benzene rings is 1. The van der Waals surface area contributed by atoms with Gasteiger partial charge in [-0.3, -0.25) is 9.59 Å². The van der Waals surface area contributed by atoms with Crippen LogP contribution in [-0.4, -0.2) is 10.9 Å². The Kier molecular flexibility index (Phi) is 6.07. The first-order valence-electron chi connectivity index (χ1n) is 9.01. The number of rotatable bonds is 6. The minimum Gasteiger partial charge on any atom is -0.344 e. The van der Waals surface area contributed by atoms with Gasteiger partial charge in [-0.2, -0.15) is 5.26 Å². The van der Waals surface area contributed by atoms with E-state index in [9.17, 15) is 14.9 Å². The SMILES string of the molecule is Cc1[nH]c(=O)c(C#N)c(C)c1CCC(=O)NC(c1ccccc1)c1cccs1. The smallest absolute Gasteiger partial charge is 0.266 e. The molecule has 0 aliphatic carbocycles. The van der Waals surface area contributed by atoms with E-state index in [1.54, 1.807) is 25.2 Å². The fourth-order valence-corrected chi connectivity index (χ4v) is 4.11. The van der Waals surface area contributed by atoms with Crippen LogP contribution in [0.2, 0.25) is 0 Å². The quantitative estimate of drug-likeness (QED) is 0.671. The number of hydrogen-bond donors (Lipinski definition) is 2. The van der Waals surface area contributed by atoms with Gasteiger partial charge >= 0.3 is 0 Å². The van der Waals surface area contributed by atoms with Crippen molar-refractivity contribution in [2.45, 2.75) is 32.7 Å². The highest BCUT2D eigenvalue weighted by Crippen LogP contribution is 2.26. The molecule has 0 saturated heterocycles. The number of pyridine rings is 1. The molecule has 2 aromatic heterocycles. The van der Waals surface area contributed by atoms with Crippen LogP contribution in [0.3, 0.4) is 0 Å². The van der Waals surface area contributed by atoms with Crippen molar-refractivity contribution < 1.29 is 4.79 Å². The summed E-state index contributed by atoms with van der Waals surface area (Å²) in [4.78, 5) is 28.3. The lowest BCUT2D eigenvalue weighted by Crippen LogP contribution is -2.29. The Morgan fingerprint density at radius 3 is 2.61 bits per heavy atom. The average Bonchev–Trinajstić information content (AvgIpc) is 3.21. The van der Waals surface area contributed by atoms with E-state index in [2.05, 4.69) is 10.3 Å². The van der Waals surface area contributed by atoms with Gasteiger partial charge in [0.1, 0.15) is 11.6 Å². The van der Waals surface area contributed by atoms with E-state index in [-0.39, 0.29) is 29.5 Å². The molecule has 2 heterocycles. The normalized spacial score (nSPS) is 11.6. The first-order chi connectivity index (χ1) is 13.5. The molecule has 6 heteroatoms. The van der Waals surface area contributed by atoms with E-state index in [1.165, 1.54) is 0 Å². The Hall–Kier alpha value is -3.17. The van der Waals surface area contributed by atoms with Crippen molar-refractivity contribution in [3.8, 4) is 6.07 Å². The Morgan fingerprint density at radius 1 is 1.21 bits per heavy atom. The monoisotopic (exact) mass is 391 g/mol. The topological polar surface area (TPSA) is 85.8 Å². The molecule has 5 nitrogen and oxygen atoms in total. The second-order valence-corrected chi connectivity index (χ2v) is 7.58. The number of aromatic amines is 1. The van der Waals surface area contributed by atoms with Gasteiger partial charge < -0.3 is 10.3 Å². The van der Waals surface area contributed by atoms with Crippen molar-refractivity contribution in [3.05, 3.63) is 91.0 Å². The van der Waals surface area contributed by atoms with Gasteiger partial charge in [-0.1, -0.05) is 36.4 Å². The van der Waals surface area contributed by atoms with Crippen LogP contribution in [0.15, 0.2) is 52.6 Å². The highest BCUT2D eigenvalue weighted by Gasteiger charge is 2.19. The molecular weight excluding hydrogens is 370 g/mol. The van der Waals surface area contributed by atoms with Gasteiger partial charge in [0.2, 0.25) is 5.91 Å². The van der Waals surface area contributed by atoms with Crippen LogP contribution >= 0.6 is 11.3 Å². The van der Waals surface area contributed by atoms with E-state index in [1.807, 2.05) is 53.9 Å². The largest absolute Gasteiger partial charge is 0.344 e. The van der Waals surface area contributed by atoms with Gasteiger partial charge in [0, 0.05) is 17.0 Å². The Morgan fingerprint density at radius 2 is 1.96 bits per heavy atom. The van der Waals surface area contributed by atoms with E-state index < -0.39 is 0 Å². The van der Waals surface area contributed by atoms with Crippen LogP contribution in [0.5, 0.6) is 0 Å². The van der Waals surface area contributed by atoms with E-state index in [0.29, 0.717) is 17.7 Å². The van der Waals surface area contributed by atoms with Gasteiger partial charge in [0.05, 0.1) is 6.04 Å². The van der Waals surface area contributed by atoms with Crippen molar-refractivity contribution in [1.82, 2.24) is 10.3 Å². The maximum atomic E-state index is 12.7. The zero-order valence-corrected chi connectivity index (χ0v) is 16.6. The fourth-order valence-electron chi connectivity index (χ4n) is 3.31. The summed E-state index contributed by atoms with van der Waals surface area (Å²) in [5.41, 5.74) is 2.95. The van der Waals surface area contributed by atoms with Gasteiger partial charge in [-0.25, -0.2) is 0 Å². The zero-order valence-electron chi connectivity index (χ0n) is 15.8. The molecular formula is C22H21N3O2S. The van der Waals surface area contributed by atoms with E-state index in [0.717, 1.165) is 16.0 Å². The van der Waals surface area contributed by atoms with Crippen LogP contribution in [0, 0.1) is 25.2 Å². The number of thiophene rings is 1. The number of H-pyrrole nitrogens is 1. The third-order valence-electron chi connectivity index (χ3n) is 4.79. The fraction of sp³-hybridized carbons (Fsp3) is 0.227. The van der Waals surface area contributed by atoms with Crippen molar-refractivity contribution in [2.75, 3.05) is 0 Å². The number of nitrogens with one attached hydrogen (secondary N) is 2. The third kappa shape index (κ3) is 4.21. The number of nitrogens with zero attached hydrogens (tertiary/aromatic N) is 1. The number of nitriles is 1. The molecule has 1 amide bonds. The molecule has 0 bridgehead atoms. The first kappa shape index (κ1) is 19.6. The van der Waals surface area contributed by atoms with Crippen LogP contribution in [0.25, 0.3) is 0 Å². The highest BCUT2D eigenvalue weighted by molar-refractivity contribution is 7.10. The van der Waals surface area contributed by atoms with Crippen LogP contribution in [-0.2, 0) is 11.2 Å². The number of aromatic nitrogens is 1. The predicted octanol–water partition coefficient (Wildman–Crippen LogP) is 3.76. The number of aryl methyl sites for hydroxylation is 1. The second-order valence-electron chi connectivity index (χ2n) is 6.60. The Labute approximate surface area is 167 Å². The molecule has 0 saturated carbocycles. The van der Waals surface area contributed by atoms with Gasteiger partial charge in [0.15, 0.2) is 0 Å². The molecule has 3 aromatic rings. The molecule has 28 heavy (non-hydrogen) atoms. The molecule has 1 aromatic carbocycles. The van der Waals surface area contributed by atoms with Crippen molar-refractivity contribution in [1.29, 1.82) is 5.26 Å². The molecule has 0 radical (unpaired) electrons. The summed E-state index contributed by atoms with van der Waals surface area (Å²) < 4.78 is 0. The summed E-state index contributed by atoms with van der Waals surface area (Å²) in [7, 11) is 0. The summed E-state index contributed by atoms with van der Waals surface area (Å²) in [5, 5.41) is 14.3. The van der Waals surface area contributed by atoms with Gasteiger partial charge in [-0.15, -0.1) is 11.3 Å². The minimum atomic E-state index is -0.382. The van der Waals surface area contributed by atoms with Crippen LogP contribution < -0.4 is 10.9 Å².